The largest absolute Gasteiger partial charge is 0.372 e. The van der Waals surface area contributed by atoms with Gasteiger partial charge in [-0.2, -0.15) is 0 Å². The Labute approximate surface area is 75.1 Å². The summed E-state index contributed by atoms with van der Waals surface area (Å²) < 4.78 is 6.82. The summed E-state index contributed by atoms with van der Waals surface area (Å²) in [5.74, 6) is 0. The first-order valence-electron chi connectivity index (χ1n) is 3.77. The molecule has 1 saturated heterocycles. The SMILES string of the molecule is ICN1CCOC2(CC2)C1. The molecule has 0 amide bonds. The Bertz CT molecular complexity index is 136. The molecule has 58 valence electrons. The second kappa shape index (κ2) is 2.60. The van der Waals surface area contributed by atoms with Crippen LogP contribution in [0.3, 0.4) is 0 Å². The Kier molecular flexibility index (Phi) is 1.90. The molecular formula is C7H12INO. The normalized spacial score (nSPS) is 30.9. The van der Waals surface area contributed by atoms with Crippen molar-refractivity contribution < 1.29 is 4.74 Å². The summed E-state index contributed by atoms with van der Waals surface area (Å²) in [6.45, 7) is 3.25. The lowest BCUT2D eigenvalue weighted by Gasteiger charge is -2.31. The van der Waals surface area contributed by atoms with E-state index in [2.05, 4.69) is 27.5 Å². The zero-order valence-electron chi connectivity index (χ0n) is 5.98. The second-order valence-electron chi connectivity index (χ2n) is 3.20. The van der Waals surface area contributed by atoms with E-state index in [0.29, 0.717) is 5.60 Å². The van der Waals surface area contributed by atoms with Crippen LogP contribution in [0.1, 0.15) is 12.8 Å². The van der Waals surface area contributed by atoms with E-state index in [1.165, 1.54) is 19.4 Å². The van der Waals surface area contributed by atoms with Gasteiger partial charge in [-0.05, 0) is 12.8 Å². The number of halogens is 1. The van der Waals surface area contributed by atoms with Crippen molar-refractivity contribution in [3.05, 3.63) is 0 Å². The topological polar surface area (TPSA) is 12.5 Å². The summed E-state index contributed by atoms with van der Waals surface area (Å²) in [6.07, 6.45) is 2.58. The van der Waals surface area contributed by atoms with E-state index in [1.807, 2.05) is 0 Å². The molecule has 0 aromatic carbocycles. The maximum absolute atomic E-state index is 5.66. The van der Waals surface area contributed by atoms with Crippen LogP contribution in [0.25, 0.3) is 0 Å². The van der Waals surface area contributed by atoms with Crippen LogP contribution in [0.15, 0.2) is 0 Å². The molecule has 1 spiro atoms. The van der Waals surface area contributed by atoms with Crippen molar-refractivity contribution >= 4 is 22.6 Å². The van der Waals surface area contributed by atoms with E-state index in [-0.39, 0.29) is 0 Å². The highest BCUT2D eigenvalue weighted by atomic mass is 127. The number of hydrogen-bond donors (Lipinski definition) is 0. The molecule has 0 N–H and O–H groups in total. The number of nitrogens with zero attached hydrogens (tertiary/aromatic N) is 1. The molecule has 2 aliphatic rings. The molecule has 0 radical (unpaired) electrons. The first kappa shape index (κ1) is 7.31. The van der Waals surface area contributed by atoms with Gasteiger partial charge in [-0.15, -0.1) is 0 Å². The third-order valence-corrected chi connectivity index (χ3v) is 3.27. The van der Waals surface area contributed by atoms with Crippen LogP contribution >= 0.6 is 22.6 Å². The molecule has 2 nitrogen and oxygen atoms in total. The van der Waals surface area contributed by atoms with Crippen LogP contribution in [0, 0.1) is 0 Å². The Morgan fingerprint density at radius 1 is 1.50 bits per heavy atom. The van der Waals surface area contributed by atoms with Crippen LogP contribution in [-0.4, -0.2) is 34.7 Å². The van der Waals surface area contributed by atoms with Crippen molar-refractivity contribution in [2.24, 2.45) is 0 Å². The molecule has 0 unspecified atom stereocenters. The molecule has 2 rings (SSSR count). The first-order valence-corrected chi connectivity index (χ1v) is 5.29. The van der Waals surface area contributed by atoms with E-state index < -0.39 is 0 Å². The smallest absolute Gasteiger partial charge is 0.0811 e. The minimum absolute atomic E-state index is 0.323. The predicted molar refractivity (Wildman–Crippen MR) is 48.4 cm³/mol. The van der Waals surface area contributed by atoms with Gasteiger partial charge < -0.3 is 4.74 Å². The summed E-state index contributed by atoms with van der Waals surface area (Å²) in [5.41, 5.74) is 0.323. The van der Waals surface area contributed by atoms with Gasteiger partial charge in [-0.1, -0.05) is 22.6 Å². The van der Waals surface area contributed by atoms with Crippen molar-refractivity contribution in [3.63, 3.8) is 0 Å². The maximum atomic E-state index is 5.66. The molecule has 0 aromatic rings. The summed E-state index contributed by atoms with van der Waals surface area (Å²) in [5, 5.41) is 0. The van der Waals surface area contributed by atoms with Crippen LogP contribution in [-0.2, 0) is 4.74 Å². The quantitative estimate of drug-likeness (QED) is 0.396. The van der Waals surface area contributed by atoms with Crippen molar-refractivity contribution in [2.45, 2.75) is 18.4 Å². The molecule has 10 heavy (non-hydrogen) atoms. The molecule has 0 aromatic heterocycles. The average Bonchev–Trinajstić information content (AvgIpc) is 2.70. The second-order valence-corrected chi connectivity index (χ2v) is 3.89. The third-order valence-electron chi connectivity index (χ3n) is 2.30. The van der Waals surface area contributed by atoms with Crippen molar-refractivity contribution in [1.82, 2.24) is 4.90 Å². The fourth-order valence-electron chi connectivity index (χ4n) is 1.47. The van der Waals surface area contributed by atoms with Gasteiger partial charge in [-0.3, -0.25) is 4.90 Å². The van der Waals surface area contributed by atoms with Gasteiger partial charge in [0.15, 0.2) is 0 Å². The first-order chi connectivity index (χ1) is 4.85. The number of alkyl halides is 1. The van der Waals surface area contributed by atoms with Gasteiger partial charge in [0.2, 0.25) is 0 Å². The standard InChI is InChI=1S/C7H12INO/c8-6-9-3-4-10-7(5-9)1-2-7/h1-6H2. The molecular weight excluding hydrogens is 241 g/mol. The van der Waals surface area contributed by atoms with E-state index in [1.54, 1.807) is 0 Å². The average molecular weight is 253 g/mol. The number of ether oxygens (including phenoxy) is 1. The van der Waals surface area contributed by atoms with E-state index in [9.17, 15) is 0 Å². The number of rotatable bonds is 1. The van der Waals surface area contributed by atoms with E-state index in [4.69, 9.17) is 4.74 Å². The van der Waals surface area contributed by atoms with Crippen LogP contribution in [0.5, 0.6) is 0 Å². The van der Waals surface area contributed by atoms with Gasteiger partial charge in [0.25, 0.3) is 0 Å². The third kappa shape index (κ3) is 1.31. The van der Waals surface area contributed by atoms with E-state index >= 15 is 0 Å². The summed E-state index contributed by atoms with van der Waals surface area (Å²) in [7, 11) is 0. The van der Waals surface area contributed by atoms with Crippen molar-refractivity contribution in [2.75, 3.05) is 24.2 Å². The van der Waals surface area contributed by atoms with Gasteiger partial charge in [0.05, 0.1) is 16.8 Å². The monoisotopic (exact) mass is 253 g/mol. The molecule has 1 heterocycles. The zero-order chi connectivity index (χ0) is 7.03. The summed E-state index contributed by atoms with van der Waals surface area (Å²) in [4.78, 5) is 2.47. The lowest BCUT2D eigenvalue weighted by molar-refractivity contribution is -0.0384. The molecule has 3 heteroatoms. The fourth-order valence-corrected chi connectivity index (χ4v) is 2.05. The minimum atomic E-state index is 0.323. The highest BCUT2D eigenvalue weighted by Gasteiger charge is 2.46. The Balaban J connectivity index is 1.91. The Hall–Kier alpha value is 0.650. The van der Waals surface area contributed by atoms with Gasteiger partial charge in [-0.25, -0.2) is 0 Å². The highest BCUT2D eigenvalue weighted by molar-refractivity contribution is 14.1. The van der Waals surface area contributed by atoms with Gasteiger partial charge in [0.1, 0.15) is 0 Å². The molecule has 0 bridgehead atoms. The Morgan fingerprint density at radius 3 is 2.90 bits per heavy atom. The summed E-state index contributed by atoms with van der Waals surface area (Å²) in [6, 6.07) is 0. The molecule has 1 saturated carbocycles. The van der Waals surface area contributed by atoms with Gasteiger partial charge in [0, 0.05) is 13.1 Å². The molecule has 2 fully saturated rings. The van der Waals surface area contributed by atoms with Crippen LogP contribution in [0.2, 0.25) is 0 Å². The highest BCUT2D eigenvalue weighted by Crippen LogP contribution is 2.41. The zero-order valence-corrected chi connectivity index (χ0v) is 8.13. The van der Waals surface area contributed by atoms with Gasteiger partial charge >= 0.3 is 0 Å². The maximum Gasteiger partial charge on any atom is 0.0811 e. The Morgan fingerprint density at radius 2 is 2.30 bits per heavy atom. The molecule has 1 aliphatic heterocycles. The lowest BCUT2D eigenvalue weighted by atomic mass is 10.3. The van der Waals surface area contributed by atoms with Crippen LogP contribution in [0.4, 0.5) is 0 Å². The van der Waals surface area contributed by atoms with Crippen molar-refractivity contribution in [1.29, 1.82) is 0 Å². The summed E-state index contributed by atoms with van der Waals surface area (Å²) >= 11 is 2.42. The molecule has 0 atom stereocenters. The van der Waals surface area contributed by atoms with Crippen LogP contribution < -0.4 is 0 Å². The molecule has 1 aliphatic carbocycles. The van der Waals surface area contributed by atoms with E-state index in [0.717, 1.165) is 17.7 Å². The fraction of sp³-hybridized carbons (Fsp3) is 1.00. The predicted octanol–water partition coefficient (Wildman–Crippen LogP) is 1.24. The minimum Gasteiger partial charge on any atom is -0.372 e. The van der Waals surface area contributed by atoms with Crippen molar-refractivity contribution in [3.8, 4) is 0 Å². The number of hydrogen-bond acceptors (Lipinski definition) is 2. The lowest BCUT2D eigenvalue weighted by Crippen LogP contribution is -2.42. The number of morpholine rings is 1.